The second-order valence-electron chi connectivity index (χ2n) is 10.2. The van der Waals surface area contributed by atoms with Gasteiger partial charge in [-0.1, -0.05) is 27.7 Å². The van der Waals surface area contributed by atoms with Gasteiger partial charge in [-0.2, -0.15) is 4.31 Å². The van der Waals surface area contributed by atoms with E-state index in [1.165, 1.54) is 40.7 Å². The van der Waals surface area contributed by atoms with Crippen molar-refractivity contribution in [1.29, 1.82) is 0 Å². The molecule has 0 aromatic heterocycles. The van der Waals surface area contributed by atoms with Gasteiger partial charge in [-0.05, 0) is 73.2 Å². The van der Waals surface area contributed by atoms with Gasteiger partial charge in [0.15, 0.2) is 0 Å². The lowest BCUT2D eigenvalue weighted by Crippen LogP contribution is -2.41. The van der Waals surface area contributed by atoms with Crippen LogP contribution in [0, 0.1) is 23.6 Å². The second-order valence-corrected chi connectivity index (χ2v) is 12.1. The summed E-state index contributed by atoms with van der Waals surface area (Å²) in [5.74, 6) is -0.561. The molecule has 0 bridgehead atoms. The second kappa shape index (κ2) is 12.0. The molecule has 1 aliphatic heterocycles. The van der Waals surface area contributed by atoms with Crippen LogP contribution in [-0.2, 0) is 14.8 Å². The molecule has 1 fully saturated rings. The summed E-state index contributed by atoms with van der Waals surface area (Å²) in [6.45, 7) is 9.73. The number of carbonyl (C=O) groups is 2. The van der Waals surface area contributed by atoms with E-state index in [1.807, 2.05) is 27.7 Å². The van der Waals surface area contributed by atoms with Crippen molar-refractivity contribution < 1.29 is 22.4 Å². The van der Waals surface area contributed by atoms with Crippen LogP contribution in [0.5, 0.6) is 0 Å². The Balaban J connectivity index is 1.58. The highest BCUT2D eigenvalue weighted by Crippen LogP contribution is 2.24. The smallest absolute Gasteiger partial charge is 0.253 e. The minimum atomic E-state index is -3.63. The number of rotatable bonds is 9. The SMILES string of the molecule is CC(C)CN(CC(C)C)S(=O)(=O)c1ccc(NC(=O)C2CCN(C(=O)c3ccc(F)cc3)CC2)cc1. The Morgan fingerprint density at radius 2 is 1.47 bits per heavy atom. The summed E-state index contributed by atoms with van der Waals surface area (Å²) in [4.78, 5) is 27.3. The first kappa shape index (κ1) is 27.8. The van der Waals surface area contributed by atoms with Crippen molar-refractivity contribution in [3.05, 3.63) is 59.9 Å². The molecule has 0 atom stereocenters. The monoisotopic (exact) mass is 517 g/mol. The molecule has 2 amide bonds. The highest BCUT2D eigenvalue weighted by Gasteiger charge is 2.29. The molecule has 196 valence electrons. The van der Waals surface area contributed by atoms with E-state index in [1.54, 1.807) is 17.0 Å². The van der Waals surface area contributed by atoms with E-state index in [2.05, 4.69) is 5.32 Å². The molecule has 0 aliphatic carbocycles. The van der Waals surface area contributed by atoms with E-state index in [0.717, 1.165) is 0 Å². The summed E-state index contributed by atoms with van der Waals surface area (Å²) >= 11 is 0. The number of nitrogens with one attached hydrogen (secondary N) is 1. The fraction of sp³-hybridized carbons (Fsp3) is 0.481. The zero-order chi connectivity index (χ0) is 26.5. The third-order valence-electron chi connectivity index (χ3n) is 6.14. The number of anilines is 1. The minimum Gasteiger partial charge on any atom is -0.339 e. The van der Waals surface area contributed by atoms with Crippen LogP contribution in [0.25, 0.3) is 0 Å². The molecule has 2 aromatic carbocycles. The highest BCUT2D eigenvalue weighted by molar-refractivity contribution is 7.89. The number of hydrogen-bond acceptors (Lipinski definition) is 4. The molecule has 0 radical (unpaired) electrons. The molecule has 1 saturated heterocycles. The average molecular weight is 518 g/mol. The average Bonchev–Trinajstić information content (AvgIpc) is 2.83. The number of halogens is 1. The number of sulfonamides is 1. The zero-order valence-electron chi connectivity index (χ0n) is 21.4. The van der Waals surface area contributed by atoms with Gasteiger partial charge in [0, 0.05) is 43.3 Å². The van der Waals surface area contributed by atoms with Crippen molar-refractivity contribution in [2.75, 3.05) is 31.5 Å². The van der Waals surface area contributed by atoms with Crippen molar-refractivity contribution in [3.8, 4) is 0 Å². The number of nitrogens with zero attached hydrogens (tertiary/aromatic N) is 2. The van der Waals surface area contributed by atoms with E-state index in [0.29, 0.717) is 50.3 Å². The number of amides is 2. The lowest BCUT2D eigenvalue weighted by atomic mass is 9.95. The maximum Gasteiger partial charge on any atom is 0.253 e. The van der Waals surface area contributed by atoms with Crippen molar-refractivity contribution in [3.63, 3.8) is 0 Å². The first-order valence-electron chi connectivity index (χ1n) is 12.4. The molecule has 0 unspecified atom stereocenters. The van der Waals surface area contributed by atoms with Crippen molar-refractivity contribution >= 4 is 27.5 Å². The lowest BCUT2D eigenvalue weighted by Gasteiger charge is -2.31. The lowest BCUT2D eigenvalue weighted by molar-refractivity contribution is -0.121. The van der Waals surface area contributed by atoms with Crippen LogP contribution in [0.15, 0.2) is 53.4 Å². The zero-order valence-corrected chi connectivity index (χ0v) is 22.2. The topological polar surface area (TPSA) is 86.8 Å². The number of carbonyl (C=O) groups excluding carboxylic acids is 2. The van der Waals surface area contributed by atoms with Gasteiger partial charge >= 0.3 is 0 Å². The molecule has 0 spiro atoms. The van der Waals surface area contributed by atoms with Gasteiger partial charge in [0.2, 0.25) is 15.9 Å². The Kier molecular flexibility index (Phi) is 9.24. The van der Waals surface area contributed by atoms with Crippen LogP contribution in [0.3, 0.4) is 0 Å². The molecule has 36 heavy (non-hydrogen) atoms. The third-order valence-corrected chi connectivity index (χ3v) is 7.99. The molecular weight excluding hydrogens is 481 g/mol. The summed E-state index contributed by atoms with van der Waals surface area (Å²) in [6.07, 6.45) is 1.04. The van der Waals surface area contributed by atoms with Crippen LogP contribution in [0.2, 0.25) is 0 Å². The largest absolute Gasteiger partial charge is 0.339 e. The third kappa shape index (κ3) is 7.13. The standard InChI is InChI=1S/C27H36FN3O4S/c1-19(2)17-31(18-20(3)4)36(34,35)25-11-9-24(10-12-25)29-26(32)21-13-15-30(16-14-21)27(33)22-5-7-23(28)8-6-22/h5-12,19-21H,13-18H2,1-4H3,(H,29,32). The summed E-state index contributed by atoms with van der Waals surface area (Å²) in [6, 6.07) is 11.7. The Morgan fingerprint density at radius 3 is 1.97 bits per heavy atom. The first-order valence-corrected chi connectivity index (χ1v) is 13.9. The number of hydrogen-bond donors (Lipinski definition) is 1. The highest BCUT2D eigenvalue weighted by atomic mass is 32.2. The minimum absolute atomic E-state index is 0.152. The summed E-state index contributed by atoms with van der Waals surface area (Å²) < 4.78 is 41.0. The first-order chi connectivity index (χ1) is 17.0. The fourth-order valence-corrected chi connectivity index (χ4v) is 6.08. The molecule has 0 saturated carbocycles. The van der Waals surface area contributed by atoms with Crippen molar-refractivity contribution in [1.82, 2.24) is 9.21 Å². The molecule has 3 rings (SSSR count). The van der Waals surface area contributed by atoms with Crippen LogP contribution in [0.4, 0.5) is 10.1 Å². The number of piperidine rings is 1. The molecule has 9 heteroatoms. The quantitative estimate of drug-likeness (QED) is 0.526. The van der Waals surface area contributed by atoms with Gasteiger partial charge in [0.25, 0.3) is 5.91 Å². The Bertz CT molecular complexity index is 1130. The number of benzene rings is 2. The van der Waals surface area contributed by atoms with Crippen molar-refractivity contribution in [2.45, 2.75) is 45.4 Å². The van der Waals surface area contributed by atoms with Crippen LogP contribution in [-0.4, -0.2) is 55.6 Å². The maximum absolute atomic E-state index is 13.2. The summed E-state index contributed by atoms with van der Waals surface area (Å²) in [5, 5.41) is 2.87. The predicted octanol–water partition coefficient (Wildman–Crippen LogP) is 4.62. The van der Waals surface area contributed by atoms with Gasteiger partial charge in [0.1, 0.15) is 5.82 Å². The number of likely N-dealkylation sites (tertiary alicyclic amines) is 1. The molecule has 1 N–H and O–H groups in total. The molecule has 1 heterocycles. The predicted molar refractivity (Wildman–Crippen MR) is 139 cm³/mol. The van der Waals surface area contributed by atoms with E-state index in [-0.39, 0.29) is 34.5 Å². The normalized spacial score (nSPS) is 15.1. The van der Waals surface area contributed by atoms with Crippen LogP contribution < -0.4 is 5.32 Å². The van der Waals surface area contributed by atoms with Gasteiger partial charge in [0.05, 0.1) is 4.90 Å². The molecule has 7 nitrogen and oxygen atoms in total. The van der Waals surface area contributed by atoms with Crippen LogP contribution in [0.1, 0.15) is 50.9 Å². The van der Waals surface area contributed by atoms with Gasteiger partial charge in [-0.25, -0.2) is 12.8 Å². The van der Waals surface area contributed by atoms with Gasteiger partial charge < -0.3 is 10.2 Å². The van der Waals surface area contributed by atoms with Gasteiger partial charge in [-0.15, -0.1) is 0 Å². The Morgan fingerprint density at radius 1 is 0.944 bits per heavy atom. The summed E-state index contributed by atoms with van der Waals surface area (Å²) in [7, 11) is -3.63. The summed E-state index contributed by atoms with van der Waals surface area (Å²) in [5.41, 5.74) is 0.956. The van der Waals surface area contributed by atoms with E-state index < -0.39 is 15.8 Å². The van der Waals surface area contributed by atoms with Crippen molar-refractivity contribution in [2.24, 2.45) is 17.8 Å². The van der Waals surface area contributed by atoms with E-state index >= 15 is 0 Å². The van der Waals surface area contributed by atoms with E-state index in [9.17, 15) is 22.4 Å². The molecule has 1 aliphatic rings. The molecule has 2 aromatic rings. The van der Waals surface area contributed by atoms with Gasteiger partial charge in [-0.3, -0.25) is 9.59 Å². The maximum atomic E-state index is 13.2. The Labute approximate surface area is 213 Å². The molecular formula is C27H36FN3O4S. The Hall–Kier alpha value is -2.78. The van der Waals surface area contributed by atoms with E-state index in [4.69, 9.17) is 0 Å². The van der Waals surface area contributed by atoms with Crippen LogP contribution >= 0.6 is 0 Å². The fourth-order valence-electron chi connectivity index (χ4n) is 4.31.